The Balaban J connectivity index is 2.52. The SMILES string of the molecule is CNC(=O)C(=O)NN=Cc1ccc(F)cc1. The number of carbonyl (C=O) groups is 2. The molecule has 0 unspecified atom stereocenters. The fourth-order valence-electron chi connectivity index (χ4n) is 0.879. The number of nitrogens with one attached hydrogen (secondary N) is 2. The standard InChI is InChI=1S/C10H10FN3O2/c1-12-9(15)10(16)14-13-6-7-2-4-8(11)5-3-7/h2-6H,1H3,(H,12,15)(H,14,16). The van der Waals surface area contributed by atoms with Crippen LogP contribution in [0.4, 0.5) is 4.39 Å². The van der Waals surface area contributed by atoms with Crippen molar-refractivity contribution in [3.63, 3.8) is 0 Å². The van der Waals surface area contributed by atoms with Crippen molar-refractivity contribution in [1.82, 2.24) is 10.7 Å². The number of hydrazone groups is 1. The molecule has 0 aliphatic carbocycles. The number of hydrogen-bond donors (Lipinski definition) is 2. The molecule has 6 heteroatoms. The lowest BCUT2D eigenvalue weighted by Crippen LogP contribution is -2.35. The van der Waals surface area contributed by atoms with E-state index in [9.17, 15) is 14.0 Å². The third-order valence-electron chi connectivity index (χ3n) is 1.68. The summed E-state index contributed by atoms with van der Waals surface area (Å²) in [7, 11) is 1.34. The van der Waals surface area contributed by atoms with Gasteiger partial charge in [0, 0.05) is 7.05 Å². The van der Waals surface area contributed by atoms with Crippen LogP contribution in [0.2, 0.25) is 0 Å². The third kappa shape index (κ3) is 3.49. The van der Waals surface area contributed by atoms with Gasteiger partial charge in [0.15, 0.2) is 0 Å². The van der Waals surface area contributed by atoms with Crippen molar-refractivity contribution in [2.45, 2.75) is 0 Å². The first-order chi connectivity index (χ1) is 7.63. The first kappa shape index (κ1) is 11.8. The second kappa shape index (κ2) is 5.59. The Labute approximate surface area is 91.3 Å². The zero-order valence-corrected chi connectivity index (χ0v) is 8.53. The molecule has 16 heavy (non-hydrogen) atoms. The van der Waals surface area contributed by atoms with E-state index in [1.807, 2.05) is 5.43 Å². The van der Waals surface area contributed by atoms with Crippen LogP contribution in [0.25, 0.3) is 0 Å². The van der Waals surface area contributed by atoms with Crippen LogP contribution in [-0.4, -0.2) is 25.1 Å². The second-order valence-corrected chi connectivity index (χ2v) is 2.83. The third-order valence-corrected chi connectivity index (χ3v) is 1.68. The fourth-order valence-corrected chi connectivity index (χ4v) is 0.879. The van der Waals surface area contributed by atoms with E-state index in [1.54, 1.807) is 0 Å². The van der Waals surface area contributed by atoms with Crippen LogP contribution in [0, 0.1) is 5.82 Å². The molecule has 5 nitrogen and oxygen atoms in total. The maximum Gasteiger partial charge on any atom is 0.329 e. The Kier molecular flexibility index (Phi) is 4.14. The van der Waals surface area contributed by atoms with Gasteiger partial charge >= 0.3 is 11.8 Å². The normalized spacial score (nSPS) is 10.1. The van der Waals surface area contributed by atoms with Crippen LogP contribution in [0.15, 0.2) is 29.4 Å². The molecule has 1 aromatic carbocycles. The molecule has 0 spiro atoms. The lowest BCUT2D eigenvalue weighted by atomic mass is 10.2. The van der Waals surface area contributed by atoms with E-state index < -0.39 is 11.8 Å². The average Bonchev–Trinajstić information content (AvgIpc) is 2.30. The van der Waals surface area contributed by atoms with Crippen LogP contribution in [0.1, 0.15) is 5.56 Å². The molecule has 1 rings (SSSR count). The number of hydrogen-bond acceptors (Lipinski definition) is 3. The van der Waals surface area contributed by atoms with E-state index in [1.165, 1.54) is 37.5 Å². The Morgan fingerprint density at radius 1 is 1.25 bits per heavy atom. The summed E-state index contributed by atoms with van der Waals surface area (Å²) in [5.41, 5.74) is 2.63. The van der Waals surface area contributed by atoms with Crippen molar-refractivity contribution >= 4 is 18.0 Å². The van der Waals surface area contributed by atoms with Gasteiger partial charge in [-0.3, -0.25) is 9.59 Å². The summed E-state index contributed by atoms with van der Waals surface area (Å²) in [5.74, 6) is -2.00. The number of benzene rings is 1. The smallest absolute Gasteiger partial charge is 0.329 e. The molecule has 0 fully saturated rings. The maximum atomic E-state index is 12.5. The van der Waals surface area contributed by atoms with E-state index in [-0.39, 0.29) is 5.82 Å². The minimum absolute atomic E-state index is 0.355. The Bertz CT molecular complexity index is 415. The first-order valence-electron chi connectivity index (χ1n) is 4.44. The van der Waals surface area contributed by atoms with Crippen LogP contribution in [0.5, 0.6) is 0 Å². The van der Waals surface area contributed by atoms with Gasteiger partial charge in [-0.15, -0.1) is 0 Å². The van der Waals surface area contributed by atoms with E-state index in [0.717, 1.165) is 0 Å². The number of likely N-dealkylation sites (N-methyl/N-ethyl adjacent to an activating group) is 1. The van der Waals surface area contributed by atoms with Crippen molar-refractivity contribution in [1.29, 1.82) is 0 Å². The number of amides is 2. The fraction of sp³-hybridized carbons (Fsp3) is 0.100. The van der Waals surface area contributed by atoms with Gasteiger partial charge in [0.1, 0.15) is 5.82 Å². The quantitative estimate of drug-likeness (QED) is 0.421. The van der Waals surface area contributed by atoms with Gasteiger partial charge in [-0.05, 0) is 17.7 Å². The summed E-state index contributed by atoms with van der Waals surface area (Å²) >= 11 is 0. The predicted molar refractivity (Wildman–Crippen MR) is 56.2 cm³/mol. The summed E-state index contributed by atoms with van der Waals surface area (Å²) in [5, 5.41) is 5.68. The molecule has 0 aliphatic heterocycles. The summed E-state index contributed by atoms with van der Waals surface area (Å²) in [6.07, 6.45) is 1.31. The Morgan fingerprint density at radius 2 is 1.88 bits per heavy atom. The monoisotopic (exact) mass is 223 g/mol. The van der Waals surface area contributed by atoms with E-state index in [0.29, 0.717) is 5.56 Å². The molecule has 0 heterocycles. The zero-order valence-electron chi connectivity index (χ0n) is 8.53. The van der Waals surface area contributed by atoms with Gasteiger partial charge in [-0.2, -0.15) is 5.10 Å². The highest BCUT2D eigenvalue weighted by Crippen LogP contribution is 1.99. The van der Waals surface area contributed by atoms with Gasteiger partial charge in [-0.1, -0.05) is 12.1 Å². The summed E-state index contributed by atoms with van der Waals surface area (Å²) in [6, 6.07) is 5.51. The highest BCUT2D eigenvalue weighted by atomic mass is 19.1. The van der Waals surface area contributed by atoms with E-state index >= 15 is 0 Å². The molecular weight excluding hydrogens is 213 g/mol. The molecule has 1 aromatic rings. The molecule has 0 aliphatic rings. The average molecular weight is 223 g/mol. The minimum atomic E-state index is -0.860. The molecule has 2 N–H and O–H groups in total. The van der Waals surface area contributed by atoms with Gasteiger partial charge in [0.2, 0.25) is 0 Å². The molecule has 0 aromatic heterocycles. The first-order valence-corrected chi connectivity index (χ1v) is 4.44. The van der Waals surface area contributed by atoms with E-state index in [4.69, 9.17) is 0 Å². The Morgan fingerprint density at radius 3 is 2.44 bits per heavy atom. The highest BCUT2D eigenvalue weighted by molar-refractivity contribution is 6.34. The van der Waals surface area contributed by atoms with Gasteiger partial charge in [0.05, 0.1) is 6.21 Å². The van der Waals surface area contributed by atoms with E-state index in [2.05, 4.69) is 10.4 Å². The van der Waals surface area contributed by atoms with Gasteiger partial charge in [0.25, 0.3) is 0 Å². The number of nitrogens with zero attached hydrogens (tertiary/aromatic N) is 1. The van der Waals surface area contributed by atoms with Gasteiger partial charge < -0.3 is 5.32 Å². The van der Waals surface area contributed by atoms with Crippen LogP contribution in [-0.2, 0) is 9.59 Å². The zero-order chi connectivity index (χ0) is 12.0. The van der Waals surface area contributed by atoms with Crippen LogP contribution < -0.4 is 10.7 Å². The molecular formula is C10H10FN3O2. The van der Waals surface area contributed by atoms with Crippen LogP contribution in [0.3, 0.4) is 0 Å². The van der Waals surface area contributed by atoms with Crippen LogP contribution >= 0.6 is 0 Å². The number of halogens is 1. The summed E-state index contributed by atoms with van der Waals surface area (Å²) < 4.78 is 12.5. The Hall–Kier alpha value is -2.24. The lowest BCUT2D eigenvalue weighted by molar-refractivity contribution is -0.138. The largest absolute Gasteiger partial charge is 0.351 e. The summed E-state index contributed by atoms with van der Waals surface area (Å²) in [6.45, 7) is 0. The number of carbonyl (C=O) groups excluding carboxylic acids is 2. The van der Waals surface area contributed by atoms with Crippen molar-refractivity contribution < 1.29 is 14.0 Å². The number of rotatable bonds is 2. The maximum absolute atomic E-state index is 12.5. The molecule has 84 valence electrons. The highest BCUT2D eigenvalue weighted by Gasteiger charge is 2.08. The van der Waals surface area contributed by atoms with Crippen molar-refractivity contribution in [2.75, 3.05) is 7.05 Å². The molecule has 0 saturated carbocycles. The lowest BCUT2D eigenvalue weighted by Gasteiger charge is -1.96. The van der Waals surface area contributed by atoms with Crippen molar-refractivity contribution in [2.24, 2.45) is 5.10 Å². The second-order valence-electron chi connectivity index (χ2n) is 2.83. The molecule has 0 bridgehead atoms. The van der Waals surface area contributed by atoms with Crippen molar-refractivity contribution in [3.8, 4) is 0 Å². The van der Waals surface area contributed by atoms with Crippen molar-refractivity contribution in [3.05, 3.63) is 35.6 Å². The molecule has 0 radical (unpaired) electrons. The topological polar surface area (TPSA) is 70.6 Å². The summed E-state index contributed by atoms with van der Waals surface area (Å²) in [4.78, 5) is 21.7. The predicted octanol–water partition coefficient (Wildman–Crippen LogP) is 0.0218. The van der Waals surface area contributed by atoms with Gasteiger partial charge in [-0.25, -0.2) is 9.82 Å². The molecule has 0 atom stereocenters. The molecule has 2 amide bonds. The molecule has 0 saturated heterocycles. The minimum Gasteiger partial charge on any atom is -0.351 e.